The molecule has 0 bridgehead atoms. The van der Waals surface area contributed by atoms with Crippen LogP contribution in [0, 0.1) is 0 Å². The van der Waals surface area contributed by atoms with E-state index in [2.05, 4.69) is 36.8 Å². The first-order valence-corrected chi connectivity index (χ1v) is 20.0. The monoisotopic (exact) mass is 783 g/mol. The van der Waals surface area contributed by atoms with E-state index in [1.807, 2.05) is 59.1 Å². The van der Waals surface area contributed by atoms with Crippen LogP contribution in [0.4, 0.5) is 24.7 Å². The molecule has 53 heavy (non-hydrogen) atoms. The van der Waals surface area contributed by atoms with Gasteiger partial charge in [0.15, 0.2) is 11.5 Å². The SMILES string of the molecule is CCOc1cncc(-c2csc(CN3CCN(c4ccc(C(=O)NS(=O)(=O)c5ccc(NCCSc6ccccc6)c(C(F)(F)F)c5)nn4)CC3)c2)c1. The number of alkyl halides is 3. The fourth-order valence-electron chi connectivity index (χ4n) is 5.59. The van der Waals surface area contributed by atoms with Gasteiger partial charge >= 0.3 is 6.18 Å². The van der Waals surface area contributed by atoms with Crippen LogP contribution in [-0.2, 0) is 22.7 Å². The Morgan fingerprint density at radius 2 is 1.75 bits per heavy atom. The highest BCUT2D eigenvalue weighted by molar-refractivity contribution is 7.99. The standard InChI is InChI=1S/C36H36F3N7O4S3/c1-2-50-27-18-25(21-40-22-27)26-19-29(52-24-26)23-45-13-15-46(16-14-45)34-11-10-33(42-43-34)35(47)44-53(48,49)30-8-9-32(31(20-30)36(37,38)39)41-12-17-51-28-6-4-3-5-7-28/h3-11,18-22,24,41H,2,12-17,23H2,1H3,(H,44,47). The Hall–Kier alpha value is -4.71. The number of piperazine rings is 1. The van der Waals surface area contributed by atoms with Gasteiger partial charge in [-0.05, 0) is 72.5 Å². The Labute approximate surface area is 313 Å². The van der Waals surface area contributed by atoms with E-state index in [-0.39, 0.29) is 17.9 Å². The smallest absolute Gasteiger partial charge is 0.418 e. The van der Waals surface area contributed by atoms with E-state index in [9.17, 15) is 26.4 Å². The number of thioether (sulfide) groups is 1. The predicted molar refractivity (Wildman–Crippen MR) is 200 cm³/mol. The maximum atomic E-state index is 14.0. The van der Waals surface area contributed by atoms with Crippen molar-refractivity contribution in [2.24, 2.45) is 0 Å². The average Bonchev–Trinajstić information content (AvgIpc) is 3.62. The lowest BCUT2D eigenvalue weighted by atomic mass is 10.1. The number of thiophene rings is 1. The molecule has 1 saturated heterocycles. The number of carbonyl (C=O) groups excluding carboxylic acids is 1. The van der Waals surface area contributed by atoms with Crippen molar-refractivity contribution in [3.05, 3.63) is 107 Å². The molecule has 1 aliphatic heterocycles. The Balaban J connectivity index is 1.01. The lowest BCUT2D eigenvalue weighted by Crippen LogP contribution is -2.46. The van der Waals surface area contributed by atoms with E-state index in [0.29, 0.717) is 37.3 Å². The van der Waals surface area contributed by atoms with Gasteiger partial charge in [-0.25, -0.2) is 13.1 Å². The van der Waals surface area contributed by atoms with E-state index in [1.165, 1.54) is 22.7 Å². The second-order valence-electron chi connectivity index (χ2n) is 11.9. The number of anilines is 2. The summed E-state index contributed by atoms with van der Waals surface area (Å²) in [5.74, 6) is 0.620. The van der Waals surface area contributed by atoms with Crippen molar-refractivity contribution in [2.75, 3.05) is 55.3 Å². The van der Waals surface area contributed by atoms with E-state index in [4.69, 9.17) is 4.74 Å². The molecule has 1 aliphatic rings. The van der Waals surface area contributed by atoms with Crippen LogP contribution in [0.3, 0.4) is 0 Å². The second-order valence-corrected chi connectivity index (χ2v) is 15.8. The number of hydrogen-bond acceptors (Lipinski definition) is 12. The number of rotatable bonds is 14. The van der Waals surface area contributed by atoms with Gasteiger partial charge in [-0.1, -0.05) is 18.2 Å². The molecule has 278 valence electrons. The lowest BCUT2D eigenvalue weighted by molar-refractivity contribution is -0.137. The van der Waals surface area contributed by atoms with Crippen LogP contribution in [0.2, 0.25) is 0 Å². The largest absolute Gasteiger partial charge is 0.492 e. The summed E-state index contributed by atoms with van der Waals surface area (Å²) in [7, 11) is -4.67. The number of halogens is 3. The number of amides is 1. The molecule has 0 radical (unpaired) electrons. The summed E-state index contributed by atoms with van der Waals surface area (Å²) in [6, 6.07) is 19.0. The van der Waals surface area contributed by atoms with Gasteiger partial charge in [0.25, 0.3) is 15.9 Å². The molecule has 17 heteroatoms. The van der Waals surface area contributed by atoms with Crippen LogP contribution in [-0.4, -0.2) is 79.5 Å². The maximum absolute atomic E-state index is 14.0. The Morgan fingerprint density at radius 3 is 2.47 bits per heavy atom. The van der Waals surface area contributed by atoms with Crippen LogP contribution in [0.15, 0.2) is 100 Å². The number of pyridine rings is 1. The van der Waals surface area contributed by atoms with Gasteiger partial charge in [0, 0.05) is 72.2 Å². The molecule has 1 fully saturated rings. The van der Waals surface area contributed by atoms with E-state index >= 15 is 0 Å². The molecule has 0 unspecified atom stereocenters. The number of carbonyl (C=O) groups is 1. The molecule has 0 atom stereocenters. The fraction of sp³-hybridized carbons (Fsp3) is 0.278. The van der Waals surface area contributed by atoms with Crippen molar-refractivity contribution in [2.45, 2.75) is 29.4 Å². The summed E-state index contributed by atoms with van der Waals surface area (Å²) in [6.45, 7) is 6.34. The molecule has 5 aromatic rings. The summed E-state index contributed by atoms with van der Waals surface area (Å²) in [4.78, 5) is 23.0. The lowest BCUT2D eigenvalue weighted by Gasteiger charge is -2.34. The quantitative estimate of drug-likeness (QED) is 0.0927. The zero-order valence-corrected chi connectivity index (χ0v) is 31.0. The van der Waals surface area contributed by atoms with Crippen molar-refractivity contribution >= 4 is 50.5 Å². The average molecular weight is 784 g/mol. The number of aromatic nitrogens is 3. The number of nitrogens with zero attached hydrogens (tertiary/aromatic N) is 5. The first-order valence-electron chi connectivity index (χ1n) is 16.7. The molecule has 0 saturated carbocycles. The second kappa shape index (κ2) is 17.0. The molecule has 4 heterocycles. The van der Waals surface area contributed by atoms with Gasteiger partial charge in [0.05, 0.1) is 23.3 Å². The number of hydrogen-bond donors (Lipinski definition) is 2. The van der Waals surface area contributed by atoms with Gasteiger partial charge in [-0.3, -0.25) is 14.7 Å². The van der Waals surface area contributed by atoms with Gasteiger partial charge in [-0.15, -0.1) is 33.3 Å². The minimum absolute atomic E-state index is 0.204. The van der Waals surface area contributed by atoms with Crippen LogP contribution < -0.4 is 19.7 Å². The summed E-state index contributed by atoms with van der Waals surface area (Å²) < 4.78 is 75.3. The summed E-state index contributed by atoms with van der Waals surface area (Å²) in [5.41, 5.74) is 0.363. The number of benzene rings is 2. The Bertz CT molecular complexity index is 2110. The van der Waals surface area contributed by atoms with Gasteiger partial charge in [-0.2, -0.15) is 13.2 Å². The number of sulfonamides is 1. The van der Waals surface area contributed by atoms with E-state index < -0.39 is 32.6 Å². The molecular weight excluding hydrogens is 748 g/mol. The third-order valence-corrected chi connectivity index (χ3v) is 11.5. The molecule has 1 amide bonds. The van der Waals surface area contributed by atoms with Crippen LogP contribution >= 0.6 is 23.1 Å². The summed E-state index contributed by atoms with van der Waals surface area (Å²) in [6.07, 6.45) is -1.33. The van der Waals surface area contributed by atoms with Gasteiger partial charge < -0.3 is 15.0 Å². The fourth-order valence-corrected chi connectivity index (χ4v) is 8.30. The Morgan fingerprint density at radius 1 is 0.962 bits per heavy atom. The van der Waals surface area contributed by atoms with E-state index in [1.54, 1.807) is 23.6 Å². The topological polar surface area (TPSA) is 130 Å². The van der Waals surface area contributed by atoms with Crippen molar-refractivity contribution in [1.82, 2.24) is 24.8 Å². The molecule has 11 nitrogen and oxygen atoms in total. The normalized spacial score (nSPS) is 13.8. The van der Waals surface area contributed by atoms with Crippen LogP contribution in [0.5, 0.6) is 5.75 Å². The summed E-state index contributed by atoms with van der Waals surface area (Å²) >= 11 is 3.15. The molecule has 2 aromatic carbocycles. The van der Waals surface area contributed by atoms with Crippen molar-refractivity contribution < 1.29 is 31.1 Å². The summed E-state index contributed by atoms with van der Waals surface area (Å²) in [5, 5.41) is 12.9. The minimum atomic E-state index is -4.85. The van der Waals surface area contributed by atoms with Gasteiger partial charge in [0.2, 0.25) is 0 Å². The number of ether oxygens (including phenoxy) is 1. The molecule has 3 aromatic heterocycles. The zero-order valence-electron chi connectivity index (χ0n) is 28.5. The first-order chi connectivity index (χ1) is 25.5. The highest BCUT2D eigenvalue weighted by Crippen LogP contribution is 2.36. The van der Waals surface area contributed by atoms with Crippen LogP contribution in [0.25, 0.3) is 11.1 Å². The van der Waals surface area contributed by atoms with Crippen molar-refractivity contribution in [3.8, 4) is 16.9 Å². The third-order valence-electron chi connectivity index (χ3n) is 8.23. The van der Waals surface area contributed by atoms with E-state index in [0.717, 1.165) is 53.5 Å². The molecule has 0 aliphatic carbocycles. The molecular formula is C36H36F3N7O4S3. The first kappa shape index (κ1) is 38.0. The zero-order chi connectivity index (χ0) is 37.4. The molecule has 2 N–H and O–H groups in total. The number of nitrogens with one attached hydrogen (secondary N) is 2. The van der Waals surface area contributed by atoms with Crippen molar-refractivity contribution in [3.63, 3.8) is 0 Å². The highest BCUT2D eigenvalue weighted by atomic mass is 32.2. The Kier molecular flexibility index (Phi) is 12.2. The minimum Gasteiger partial charge on any atom is -0.492 e. The molecule has 0 spiro atoms. The van der Waals surface area contributed by atoms with Crippen molar-refractivity contribution in [1.29, 1.82) is 0 Å². The van der Waals surface area contributed by atoms with Gasteiger partial charge in [0.1, 0.15) is 5.75 Å². The predicted octanol–water partition coefficient (Wildman–Crippen LogP) is 6.66. The third kappa shape index (κ3) is 10.0. The molecule has 6 rings (SSSR count). The highest BCUT2D eigenvalue weighted by Gasteiger charge is 2.35. The van der Waals surface area contributed by atoms with Crippen LogP contribution in [0.1, 0.15) is 27.9 Å². The maximum Gasteiger partial charge on any atom is 0.418 e.